The third kappa shape index (κ3) is 4.98. The Morgan fingerprint density at radius 2 is 2.14 bits per heavy atom. The molecular formula is C17H28N4O. The van der Waals surface area contributed by atoms with Gasteiger partial charge in [0.15, 0.2) is 0 Å². The number of piperidine rings is 1. The molecule has 1 fully saturated rings. The van der Waals surface area contributed by atoms with E-state index in [0.29, 0.717) is 11.4 Å². The number of rotatable bonds is 7. The van der Waals surface area contributed by atoms with Crippen LogP contribution in [0.3, 0.4) is 0 Å². The topological polar surface area (TPSA) is 57.3 Å². The van der Waals surface area contributed by atoms with E-state index in [1.165, 1.54) is 38.9 Å². The van der Waals surface area contributed by atoms with E-state index in [1.54, 1.807) is 25.4 Å². The van der Waals surface area contributed by atoms with Crippen molar-refractivity contribution in [3.63, 3.8) is 0 Å². The van der Waals surface area contributed by atoms with E-state index in [0.717, 1.165) is 18.9 Å². The Morgan fingerprint density at radius 1 is 1.36 bits per heavy atom. The average molecular weight is 304 g/mol. The van der Waals surface area contributed by atoms with Gasteiger partial charge in [0.05, 0.1) is 5.56 Å². The summed E-state index contributed by atoms with van der Waals surface area (Å²) >= 11 is 0. The van der Waals surface area contributed by atoms with E-state index in [1.807, 2.05) is 0 Å². The van der Waals surface area contributed by atoms with Gasteiger partial charge in [-0.15, -0.1) is 0 Å². The van der Waals surface area contributed by atoms with Crippen LogP contribution in [-0.4, -0.2) is 49.0 Å². The van der Waals surface area contributed by atoms with Crippen molar-refractivity contribution in [3.05, 3.63) is 23.9 Å². The molecule has 1 aliphatic rings. The predicted octanol–water partition coefficient (Wildman–Crippen LogP) is 2.37. The first kappa shape index (κ1) is 16.7. The minimum atomic E-state index is -0.0990. The fourth-order valence-electron chi connectivity index (χ4n) is 2.82. The summed E-state index contributed by atoms with van der Waals surface area (Å²) in [5, 5.41) is 5.93. The summed E-state index contributed by atoms with van der Waals surface area (Å²) in [7, 11) is 1.64. The van der Waals surface area contributed by atoms with Crippen molar-refractivity contribution in [3.8, 4) is 0 Å². The standard InChI is InChI=1S/C17H28N4O/c1-14-7-12-21(13-8-14)11-4-3-9-19-16-15(17(22)18-2)6-5-10-20-16/h5-6,10,14H,3-4,7-9,11-13H2,1-2H3,(H,18,22)(H,19,20). The van der Waals surface area contributed by atoms with Gasteiger partial charge in [-0.3, -0.25) is 4.79 Å². The van der Waals surface area contributed by atoms with E-state index in [9.17, 15) is 4.79 Å². The minimum absolute atomic E-state index is 0.0990. The monoisotopic (exact) mass is 304 g/mol. The number of nitrogens with one attached hydrogen (secondary N) is 2. The molecule has 0 bridgehead atoms. The van der Waals surface area contributed by atoms with Crippen LogP contribution >= 0.6 is 0 Å². The number of anilines is 1. The normalized spacial score (nSPS) is 16.5. The predicted molar refractivity (Wildman–Crippen MR) is 90.2 cm³/mol. The highest BCUT2D eigenvalue weighted by atomic mass is 16.1. The van der Waals surface area contributed by atoms with E-state index in [2.05, 4.69) is 27.4 Å². The van der Waals surface area contributed by atoms with Gasteiger partial charge in [0.1, 0.15) is 5.82 Å². The summed E-state index contributed by atoms with van der Waals surface area (Å²) in [5.41, 5.74) is 0.606. The molecule has 122 valence electrons. The van der Waals surface area contributed by atoms with Gasteiger partial charge < -0.3 is 15.5 Å². The van der Waals surface area contributed by atoms with E-state index in [4.69, 9.17) is 0 Å². The number of hydrogen-bond acceptors (Lipinski definition) is 4. The summed E-state index contributed by atoms with van der Waals surface area (Å²) in [6.07, 6.45) is 6.66. The third-order valence-corrected chi connectivity index (χ3v) is 4.35. The molecule has 0 aromatic carbocycles. The van der Waals surface area contributed by atoms with Crippen LogP contribution in [0.1, 0.15) is 43.0 Å². The minimum Gasteiger partial charge on any atom is -0.369 e. The lowest BCUT2D eigenvalue weighted by molar-refractivity contribution is 0.0963. The maximum absolute atomic E-state index is 11.8. The highest BCUT2D eigenvalue weighted by Gasteiger charge is 2.14. The van der Waals surface area contributed by atoms with Gasteiger partial charge in [-0.05, 0) is 63.4 Å². The zero-order valence-electron chi connectivity index (χ0n) is 13.8. The largest absolute Gasteiger partial charge is 0.369 e. The van der Waals surface area contributed by atoms with Crippen LogP contribution in [0.15, 0.2) is 18.3 Å². The lowest BCUT2D eigenvalue weighted by Crippen LogP contribution is -2.33. The quantitative estimate of drug-likeness (QED) is 0.759. The Hall–Kier alpha value is -1.62. The van der Waals surface area contributed by atoms with Gasteiger partial charge in [-0.25, -0.2) is 4.98 Å². The molecule has 1 saturated heterocycles. The molecule has 5 heteroatoms. The smallest absolute Gasteiger partial charge is 0.254 e. The van der Waals surface area contributed by atoms with Crippen molar-refractivity contribution >= 4 is 11.7 Å². The molecule has 2 N–H and O–H groups in total. The maximum atomic E-state index is 11.8. The number of aromatic nitrogens is 1. The van der Waals surface area contributed by atoms with Gasteiger partial charge in [0.2, 0.25) is 0 Å². The lowest BCUT2D eigenvalue weighted by Gasteiger charge is -2.30. The van der Waals surface area contributed by atoms with Crippen LogP contribution < -0.4 is 10.6 Å². The molecule has 0 unspecified atom stereocenters. The number of unbranched alkanes of at least 4 members (excludes halogenated alkanes) is 1. The zero-order chi connectivity index (χ0) is 15.8. The average Bonchev–Trinajstić information content (AvgIpc) is 2.56. The summed E-state index contributed by atoms with van der Waals surface area (Å²) < 4.78 is 0. The summed E-state index contributed by atoms with van der Waals surface area (Å²) in [6.45, 7) is 6.87. The van der Waals surface area contributed by atoms with Crippen LogP contribution in [0.25, 0.3) is 0 Å². The van der Waals surface area contributed by atoms with Crippen LogP contribution in [0.4, 0.5) is 5.82 Å². The summed E-state index contributed by atoms with van der Waals surface area (Å²) in [4.78, 5) is 18.6. The van der Waals surface area contributed by atoms with Crippen molar-refractivity contribution in [2.75, 3.05) is 38.5 Å². The van der Waals surface area contributed by atoms with Gasteiger partial charge in [0.25, 0.3) is 5.91 Å². The van der Waals surface area contributed by atoms with Crippen molar-refractivity contribution < 1.29 is 4.79 Å². The van der Waals surface area contributed by atoms with Crippen molar-refractivity contribution in [2.24, 2.45) is 5.92 Å². The molecule has 5 nitrogen and oxygen atoms in total. The second-order valence-electron chi connectivity index (χ2n) is 6.14. The fourth-order valence-corrected chi connectivity index (χ4v) is 2.82. The first-order valence-corrected chi connectivity index (χ1v) is 8.34. The number of amides is 1. The van der Waals surface area contributed by atoms with Crippen LogP contribution in [-0.2, 0) is 0 Å². The lowest BCUT2D eigenvalue weighted by atomic mass is 9.99. The summed E-state index contributed by atoms with van der Waals surface area (Å²) in [5.74, 6) is 1.47. The maximum Gasteiger partial charge on any atom is 0.254 e. The van der Waals surface area contributed by atoms with E-state index >= 15 is 0 Å². The molecule has 1 aromatic rings. The number of nitrogens with zero attached hydrogens (tertiary/aromatic N) is 2. The van der Waals surface area contributed by atoms with Gasteiger partial charge in [-0.2, -0.15) is 0 Å². The van der Waals surface area contributed by atoms with Gasteiger partial charge in [0, 0.05) is 19.8 Å². The highest BCUT2D eigenvalue weighted by molar-refractivity contribution is 5.98. The van der Waals surface area contributed by atoms with Gasteiger partial charge in [-0.1, -0.05) is 6.92 Å². The molecule has 2 heterocycles. The molecule has 22 heavy (non-hydrogen) atoms. The van der Waals surface area contributed by atoms with E-state index < -0.39 is 0 Å². The van der Waals surface area contributed by atoms with Crippen molar-refractivity contribution in [1.82, 2.24) is 15.2 Å². The molecule has 1 amide bonds. The Kier molecular flexibility index (Phi) is 6.65. The van der Waals surface area contributed by atoms with E-state index in [-0.39, 0.29) is 5.91 Å². The molecule has 1 aliphatic heterocycles. The molecular weight excluding hydrogens is 276 g/mol. The molecule has 0 radical (unpaired) electrons. The Balaban J connectivity index is 1.68. The number of likely N-dealkylation sites (tertiary alicyclic amines) is 1. The molecule has 0 aliphatic carbocycles. The van der Waals surface area contributed by atoms with Crippen LogP contribution in [0.5, 0.6) is 0 Å². The second kappa shape index (κ2) is 8.73. The van der Waals surface area contributed by atoms with Crippen molar-refractivity contribution in [2.45, 2.75) is 32.6 Å². The molecule has 2 rings (SSSR count). The van der Waals surface area contributed by atoms with Gasteiger partial charge >= 0.3 is 0 Å². The van der Waals surface area contributed by atoms with Crippen LogP contribution in [0, 0.1) is 5.92 Å². The number of hydrogen-bond donors (Lipinski definition) is 2. The number of carbonyl (C=O) groups excluding carboxylic acids is 1. The number of pyridine rings is 1. The van der Waals surface area contributed by atoms with Crippen LogP contribution in [0.2, 0.25) is 0 Å². The first-order chi connectivity index (χ1) is 10.7. The molecule has 1 aromatic heterocycles. The Bertz CT molecular complexity index is 469. The number of carbonyl (C=O) groups is 1. The molecule has 0 atom stereocenters. The van der Waals surface area contributed by atoms with Crippen molar-refractivity contribution in [1.29, 1.82) is 0 Å². The third-order valence-electron chi connectivity index (χ3n) is 4.35. The SMILES string of the molecule is CNC(=O)c1cccnc1NCCCCN1CCC(C)CC1. The first-order valence-electron chi connectivity index (χ1n) is 8.34. The zero-order valence-corrected chi connectivity index (χ0v) is 13.8. The second-order valence-corrected chi connectivity index (χ2v) is 6.14. The fraction of sp³-hybridized carbons (Fsp3) is 0.647. The molecule has 0 spiro atoms. The molecule has 0 saturated carbocycles. The summed E-state index contributed by atoms with van der Waals surface area (Å²) in [6, 6.07) is 3.58. The highest BCUT2D eigenvalue weighted by Crippen LogP contribution is 2.16. The Labute approximate surface area is 133 Å². The Morgan fingerprint density at radius 3 is 2.86 bits per heavy atom.